The lowest BCUT2D eigenvalue weighted by atomic mass is 9.89. The molecule has 0 aromatic heterocycles. The molecule has 1 N–H and O–H groups in total. The molecule has 2 aliphatic heterocycles. The number of amides is 1. The van der Waals surface area contributed by atoms with Gasteiger partial charge >= 0.3 is 0 Å². The maximum absolute atomic E-state index is 12.5. The first kappa shape index (κ1) is 15.9. The van der Waals surface area contributed by atoms with Crippen LogP contribution >= 0.6 is 0 Å². The molecule has 3 aliphatic rings. The third-order valence-electron chi connectivity index (χ3n) is 5.42. The molecule has 124 valence electrons. The SMILES string of the molecule is O=C(NCC1CCCCC1)[C@@H]1CCCN1C[C@H]1CCC=CO1. The standard InChI is InChI=1S/C18H30N2O2/c21-18(19-13-15-7-2-1-3-8-15)17-10-6-11-20(17)14-16-9-4-5-12-22-16/h5,12,15-17H,1-4,6-11,13-14H2,(H,19,21)/t16-,17+/m1/s1. The van der Waals surface area contributed by atoms with Crippen LogP contribution in [-0.4, -0.2) is 42.6 Å². The number of nitrogens with zero attached hydrogens (tertiary/aromatic N) is 1. The van der Waals surface area contributed by atoms with Crippen molar-refractivity contribution in [2.45, 2.75) is 69.9 Å². The van der Waals surface area contributed by atoms with Gasteiger partial charge in [0, 0.05) is 13.1 Å². The Hall–Kier alpha value is -1.03. The number of rotatable bonds is 5. The molecule has 1 aliphatic carbocycles. The number of carbonyl (C=O) groups excluding carboxylic acids is 1. The Bertz CT molecular complexity index is 391. The average Bonchev–Trinajstić information content (AvgIpc) is 3.03. The van der Waals surface area contributed by atoms with Gasteiger partial charge in [-0.25, -0.2) is 0 Å². The Balaban J connectivity index is 1.44. The van der Waals surface area contributed by atoms with Crippen molar-refractivity contribution in [1.29, 1.82) is 0 Å². The molecule has 4 heteroatoms. The minimum Gasteiger partial charge on any atom is -0.497 e. The normalized spacial score (nSPS) is 30.2. The number of likely N-dealkylation sites (tertiary alicyclic amines) is 1. The van der Waals surface area contributed by atoms with E-state index in [1.54, 1.807) is 0 Å². The fourth-order valence-corrected chi connectivity index (χ4v) is 4.08. The number of allylic oxidation sites excluding steroid dienone is 1. The van der Waals surface area contributed by atoms with Crippen molar-refractivity contribution >= 4 is 5.91 Å². The third-order valence-corrected chi connectivity index (χ3v) is 5.42. The minimum absolute atomic E-state index is 0.0677. The molecule has 0 radical (unpaired) electrons. The van der Waals surface area contributed by atoms with Crippen LogP contribution in [0.25, 0.3) is 0 Å². The maximum atomic E-state index is 12.5. The fourth-order valence-electron chi connectivity index (χ4n) is 4.08. The Labute approximate surface area is 134 Å². The summed E-state index contributed by atoms with van der Waals surface area (Å²) in [6, 6.07) is 0.0677. The molecule has 2 atom stereocenters. The molecule has 1 saturated heterocycles. The molecule has 0 unspecified atom stereocenters. The zero-order valence-electron chi connectivity index (χ0n) is 13.6. The van der Waals surface area contributed by atoms with Gasteiger partial charge in [-0.3, -0.25) is 9.69 Å². The largest absolute Gasteiger partial charge is 0.497 e. The average molecular weight is 306 g/mol. The smallest absolute Gasteiger partial charge is 0.237 e. The molecule has 1 saturated carbocycles. The Morgan fingerprint density at radius 3 is 2.77 bits per heavy atom. The Kier molecular flexibility index (Phi) is 5.76. The molecule has 3 rings (SSSR count). The Morgan fingerprint density at radius 1 is 1.14 bits per heavy atom. The third kappa shape index (κ3) is 4.25. The van der Waals surface area contributed by atoms with E-state index in [1.807, 2.05) is 6.26 Å². The lowest BCUT2D eigenvalue weighted by Crippen LogP contribution is -2.47. The van der Waals surface area contributed by atoms with Crippen molar-refractivity contribution in [1.82, 2.24) is 10.2 Å². The summed E-state index contributed by atoms with van der Waals surface area (Å²) in [6.45, 7) is 2.81. The van der Waals surface area contributed by atoms with E-state index in [1.165, 1.54) is 32.1 Å². The monoisotopic (exact) mass is 306 g/mol. The molecule has 0 bridgehead atoms. The van der Waals surface area contributed by atoms with E-state index in [0.29, 0.717) is 5.92 Å². The van der Waals surface area contributed by atoms with Crippen LogP contribution in [-0.2, 0) is 9.53 Å². The van der Waals surface area contributed by atoms with Crippen LogP contribution in [0, 0.1) is 5.92 Å². The van der Waals surface area contributed by atoms with Gasteiger partial charge in [-0.1, -0.05) is 19.3 Å². The highest BCUT2D eigenvalue weighted by atomic mass is 16.5. The van der Waals surface area contributed by atoms with Crippen molar-refractivity contribution in [3.8, 4) is 0 Å². The van der Waals surface area contributed by atoms with Crippen LogP contribution in [0.3, 0.4) is 0 Å². The quantitative estimate of drug-likeness (QED) is 0.849. The van der Waals surface area contributed by atoms with Gasteiger partial charge in [0.2, 0.25) is 5.91 Å². The highest BCUT2D eigenvalue weighted by Crippen LogP contribution is 2.24. The molecule has 0 aromatic carbocycles. The molecule has 2 fully saturated rings. The predicted octanol–water partition coefficient (Wildman–Crippen LogP) is 2.84. The summed E-state index contributed by atoms with van der Waals surface area (Å²) < 4.78 is 5.67. The van der Waals surface area contributed by atoms with E-state index >= 15 is 0 Å². The van der Waals surface area contributed by atoms with Gasteiger partial charge < -0.3 is 10.1 Å². The molecule has 2 heterocycles. The van der Waals surface area contributed by atoms with Crippen molar-refractivity contribution in [2.75, 3.05) is 19.6 Å². The summed E-state index contributed by atoms with van der Waals surface area (Å²) in [4.78, 5) is 14.9. The second-order valence-electron chi connectivity index (χ2n) is 7.11. The molecule has 1 amide bonds. The Morgan fingerprint density at radius 2 is 2.00 bits per heavy atom. The van der Waals surface area contributed by atoms with Crippen molar-refractivity contribution in [3.63, 3.8) is 0 Å². The number of nitrogens with one attached hydrogen (secondary N) is 1. The second-order valence-corrected chi connectivity index (χ2v) is 7.11. The molecule has 0 spiro atoms. The van der Waals surface area contributed by atoms with E-state index in [2.05, 4.69) is 16.3 Å². The van der Waals surface area contributed by atoms with Crippen LogP contribution in [0.15, 0.2) is 12.3 Å². The lowest BCUT2D eigenvalue weighted by Gasteiger charge is -2.29. The van der Waals surface area contributed by atoms with Crippen LogP contribution in [0.1, 0.15) is 57.8 Å². The topological polar surface area (TPSA) is 41.6 Å². The minimum atomic E-state index is 0.0677. The van der Waals surface area contributed by atoms with Gasteiger partial charge in [0.15, 0.2) is 0 Å². The highest BCUT2D eigenvalue weighted by Gasteiger charge is 2.32. The van der Waals surface area contributed by atoms with Crippen molar-refractivity contribution in [3.05, 3.63) is 12.3 Å². The van der Waals surface area contributed by atoms with E-state index in [4.69, 9.17) is 4.74 Å². The van der Waals surface area contributed by atoms with Gasteiger partial charge in [0.25, 0.3) is 0 Å². The summed E-state index contributed by atoms with van der Waals surface area (Å²) in [5, 5.41) is 3.23. The van der Waals surface area contributed by atoms with Gasteiger partial charge in [-0.15, -0.1) is 0 Å². The summed E-state index contributed by atoms with van der Waals surface area (Å²) >= 11 is 0. The van der Waals surface area contributed by atoms with Crippen LogP contribution in [0.5, 0.6) is 0 Å². The van der Waals surface area contributed by atoms with Crippen LogP contribution in [0.2, 0.25) is 0 Å². The molecule has 22 heavy (non-hydrogen) atoms. The fraction of sp³-hybridized carbons (Fsp3) is 0.833. The number of hydrogen-bond acceptors (Lipinski definition) is 3. The zero-order chi connectivity index (χ0) is 15.2. The van der Waals surface area contributed by atoms with Gasteiger partial charge in [0.1, 0.15) is 6.10 Å². The van der Waals surface area contributed by atoms with E-state index in [-0.39, 0.29) is 18.1 Å². The van der Waals surface area contributed by atoms with Crippen molar-refractivity contribution in [2.24, 2.45) is 5.92 Å². The first-order valence-electron chi connectivity index (χ1n) is 9.15. The number of ether oxygens (including phenoxy) is 1. The van der Waals surface area contributed by atoms with E-state index in [0.717, 1.165) is 45.3 Å². The summed E-state index contributed by atoms with van der Waals surface area (Å²) in [7, 11) is 0. The molecular weight excluding hydrogens is 276 g/mol. The second kappa shape index (κ2) is 8.00. The van der Waals surface area contributed by atoms with Crippen LogP contribution < -0.4 is 5.32 Å². The number of hydrogen-bond donors (Lipinski definition) is 1. The maximum Gasteiger partial charge on any atom is 0.237 e. The molecule has 4 nitrogen and oxygen atoms in total. The van der Waals surface area contributed by atoms with E-state index < -0.39 is 0 Å². The van der Waals surface area contributed by atoms with Crippen LogP contribution in [0.4, 0.5) is 0 Å². The van der Waals surface area contributed by atoms with Gasteiger partial charge in [-0.05, 0) is 57.1 Å². The molecule has 0 aromatic rings. The summed E-state index contributed by atoms with van der Waals surface area (Å²) in [5.41, 5.74) is 0. The summed E-state index contributed by atoms with van der Waals surface area (Å²) in [6.07, 6.45) is 15.1. The lowest BCUT2D eigenvalue weighted by molar-refractivity contribution is -0.126. The van der Waals surface area contributed by atoms with E-state index in [9.17, 15) is 4.79 Å². The number of carbonyl (C=O) groups is 1. The highest BCUT2D eigenvalue weighted by molar-refractivity contribution is 5.82. The first-order valence-corrected chi connectivity index (χ1v) is 9.15. The zero-order valence-corrected chi connectivity index (χ0v) is 13.6. The molecular formula is C18H30N2O2. The van der Waals surface area contributed by atoms with Gasteiger partial charge in [0.05, 0.1) is 12.3 Å². The van der Waals surface area contributed by atoms with Crippen molar-refractivity contribution < 1.29 is 9.53 Å². The van der Waals surface area contributed by atoms with Gasteiger partial charge in [-0.2, -0.15) is 0 Å². The first-order chi connectivity index (χ1) is 10.8. The predicted molar refractivity (Wildman–Crippen MR) is 87.4 cm³/mol. The summed E-state index contributed by atoms with van der Waals surface area (Å²) in [5.74, 6) is 0.953.